The third-order valence-corrected chi connectivity index (χ3v) is 3.68. The molecule has 0 spiro atoms. The average molecular weight is 308 g/mol. The van der Waals surface area contributed by atoms with Gasteiger partial charge in [-0.15, -0.1) is 0 Å². The fourth-order valence-corrected chi connectivity index (χ4v) is 2.24. The molecule has 0 bridgehead atoms. The summed E-state index contributed by atoms with van der Waals surface area (Å²) in [4.78, 5) is 0. The maximum absolute atomic E-state index is 8.66. The maximum Gasteiger partial charge on any atom is 0.131 e. The van der Waals surface area contributed by atoms with Gasteiger partial charge >= 0.3 is 0 Å². The highest BCUT2D eigenvalue weighted by molar-refractivity contribution is 6.31. The summed E-state index contributed by atoms with van der Waals surface area (Å²) in [6.07, 6.45) is 0.615. The number of aryl methyl sites for hydroxylation is 2. The normalized spacial score (nSPS) is 11.7. The number of halogens is 1. The number of oxime groups is 1. The molecular formula is C15H18ClN3O2. The Kier molecular flexibility index (Phi) is 4.85. The van der Waals surface area contributed by atoms with Gasteiger partial charge in [-0.2, -0.15) is 5.10 Å². The number of nitrogens with zero attached hydrogens (tertiary/aromatic N) is 3. The zero-order chi connectivity index (χ0) is 15.4. The number of hydrogen-bond acceptors (Lipinski definition) is 4. The van der Waals surface area contributed by atoms with E-state index in [1.165, 1.54) is 0 Å². The smallest absolute Gasteiger partial charge is 0.131 e. The number of rotatable bonds is 5. The van der Waals surface area contributed by atoms with Gasteiger partial charge in [0.05, 0.1) is 22.1 Å². The number of ether oxygens (including phenoxy) is 1. The van der Waals surface area contributed by atoms with Crippen LogP contribution in [0.1, 0.15) is 23.9 Å². The van der Waals surface area contributed by atoms with Gasteiger partial charge in [-0.1, -0.05) is 28.9 Å². The number of benzene rings is 1. The van der Waals surface area contributed by atoms with Crippen LogP contribution in [0.25, 0.3) is 0 Å². The van der Waals surface area contributed by atoms with Crippen molar-refractivity contribution in [1.82, 2.24) is 9.78 Å². The zero-order valence-electron chi connectivity index (χ0n) is 12.3. The van der Waals surface area contributed by atoms with Crippen LogP contribution in [0.15, 0.2) is 29.4 Å². The van der Waals surface area contributed by atoms with E-state index in [1.54, 1.807) is 11.6 Å². The van der Waals surface area contributed by atoms with Crippen LogP contribution in [-0.2, 0) is 20.1 Å². The van der Waals surface area contributed by atoms with Gasteiger partial charge in [0.25, 0.3) is 0 Å². The molecule has 0 atom stereocenters. The van der Waals surface area contributed by atoms with Crippen LogP contribution in [-0.4, -0.2) is 20.7 Å². The molecule has 2 rings (SSSR count). The van der Waals surface area contributed by atoms with E-state index < -0.39 is 0 Å². The molecule has 0 fully saturated rings. The Morgan fingerprint density at radius 3 is 2.57 bits per heavy atom. The lowest BCUT2D eigenvalue weighted by Crippen LogP contribution is -2.04. The lowest BCUT2D eigenvalue weighted by atomic mass is 10.1. The summed E-state index contributed by atoms with van der Waals surface area (Å²) in [5, 5.41) is 16.7. The largest absolute Gasteiger partial charge is 0.487 e. The van der Waals surface area contributed by atoms with Crippen LogP contribution in [0.4, 0.5) is 0 Å². The maximum atomic E-state index is 8.66. The first kappa shape index (κ1) is 15.4. The monoisotopic (exact) mass is 307 g/mol. The standard InChI is InChI=1S/C15H18ClN3O2/c1-10(18-20)8-12-4-6-13(7-5-12)21-9-14-15(16)11(2)17-19(14)3/h4-7,20H,8-9H2,1-3H3/b18-10-. The summed E-state index contributed by atoms with van der Waals surface area (Å²) in [7, 11) is 1.84. The van der Waals surface area contributed by atoms with Crippen LogP contribution in [0.2, 0.25) is 5.02 Å². The van der Waals surface area contributed by atoms with Crippen LogP contribution in [0.3, 0.4) is 0 Å². The molecule has 0 aliphatic heterocycles. The average Bonchev–Trinajstić information content (AvgIpc) is 2.71. The molecule has 1 aromatic heterocycles. The van der Waals surface area contributed by atoms with Crippen molar-refractivity contribution in [2.75, 3.05) is 0 Å². The molecule has 0 aliphatic carbocycles. The van der Waals surface area contributed by atoms with E-state index in [0.717, 1.165) is 22.7 Å². The molecular weight excluding hydrogens is 290 g/mol. The van der Waals surface area contributed by atoms with Crippen LogP contribution in [0.5, 0.6) is 5.75 Å². The van der Waals surface area contributed by atoms with Crippen molar-refractivity contribution >= 4 is 17.3 Å². The van der Waals surface area contributed by atoms with E-state index in [4.69, 9.17) is 21.5 Å². The van der Waals surface area contributed by atoms with Crippen LogP contribution in [0, 0.1) is 6.92 Å². The van der Waals surface area contributed by atoms with E-state index in [2.05, 4.69) is 10.3 Å². The summed E-state index contributed by atoms with van der Waals surface area (Å²) in [5.74, 6) is 0.757. The Morgan fingerprint density at radius 1 is 1.38 bits per heavy atom. The molecule has 112 valence electrons. The van der Waals surface area contributed by atoms with E-state index in [9.17, 15) is 0 Å². The minimum atomic E-state index is 0.368. The second kappa shape index (κ2) is 6.63. The Hall–Kier alpha value is -2.01. The van der Waals surface area contributed by atoms with Gasteiger partial charge in [0.15, 0.2) is 0 Å². The van der Waals surface area contributed by atoms with Crippen molar-refractivity contribution in [3.63, 3.8) is 0 Å². The highest BCUT2D eigenvalue weighted by Gasteiger charge is 2.11. The molecule has 6 heteroatoms. The molecule has 5 nitrogen and oxygen atoms in total. The quantitative estimate of drug-likeness (QED) is 0.523. The second-order valence-electron chi connectivity index (χ2n) is 4.91. The summed E-state index contributed by atoms with van der Waals surface area (Å²) in [6, 6.07) is 7.66. The van der Waals surface area contributed by atoms with Crippen molar-refractivity contribution in [3.05, 3.63) is 46.2 Å². The fourth-order valence-electron chi connectivity index (χ4n) is 2.02. The Morgan fingerprint density at radius 2 is 2.05 bits per heavy atom. The summed E-state index contributed by atoms with van der Waals surface area (Å²) >= 11 is 6.18. The van der Waals surface area contributed by atoms with Crippen LogP contribution >= 0.6 is 11.6 Å². The zero-order valence-corrected chi connectivity index (χ0v) is 13.1. The third-order valence-electron chi connectivity index (χ3n) is 3.19. The predicted molar refractivity (Wildman–Crippen MR) is 82.3 cm³/mol. The highest BCUT2D eigenvalue weighted by atomic mass is 35.5. The van der Waals surface area contributed by atoms with Gasteiger partial charge in [0.1, 0.15) is 12.4 Å². The number of hydrogen-bond donors (Lipinski definition) is 1. The summed E-state index contributed by atoms with van der Waals surface area (Å²) < 4.78 is 7.46. The Bertz CT molecular complexity index is 648. The Balaban J connectivity index is 2.01. The molecule has 0 saturated carbocycles. The molecule has 0 amide bonds. The van der Waals surface area contributed by atoms with Crippen molar-refractivity contribution in [2.24, 2.45) is 12.2 Å². The van der Waals surface area contributed by atoms with E-state index in [-0.39, 0.29) is 0 Å². The lowest BCUT2D eigenvalue weighted by Gasteiger charge is -2.08. The minimum absolute atomic E-state index is 0.368. The topological polar surface area (TPSA) is 59.6 Å². The number of aromatic nitrogens is 2. The third kappa shape index (κ3) is 3.76. The van der Waals surface area contributed by atoms with E-state index in [1.807, 2.05) is 38.2 Å². The lowest BCUT2D eigenvalue weighted by molar-refractivity contribution is 0.295. The van der Waals surface area contributed by atoms with Crippen LogP contribution < -0.4 is 4.74 Å². The second-order valence-corrected chi connectivity index (χ2v) is 5.29. The molecule has 0 aliphatic rings. The minimum Gasteiger partial charge on any atom is -0.487 e. The van der Waals surface area contributed by atoms with Gasteiger partial charge < -0.3 is 9.94 Å². The molecule has 1 aromatic carbocycles. The van der Waals surface area contributed by atoms with E-state index in [0.29, 0.717) is 23.8 Å². The van der Waals surface area contributed by atoms with Gasteiger partial charge in [0.2, 0.25) is 0 Å². The molecule has 0 radical (unpaired) electrons. The summed E-state index contributed by atoms with van der Waals surface area (Å²) in [6.45, 7) is 4.01. The highest BCUT2D eigenvalue weighted by Crippen LogP contribution is 2.21. The molecule has 0 saturated heterocycles. The molecule has 0 unspecified atom stereocenters. The first-order valence-electron chi connectivity index (χ1n) is 6.58. The first-order valence-corrected chi connectivity index (χ1v) is 6.96. The van der Waals surface area contributed by atoms with Crippen molar-refractivity contribution in [1.29, 1.82) is 0 Å². The van der Waals surface area contributed by atoms with Crippen molar-refractivity contribution < 1.29 is 9.94 Å². The Labute approximate surface area is 128 Å². The molecule has 1 N–H and O–H groups in total. The molecule has 1 heterocycles. The molecule has 2 aromatic rings. The predicted octanol–water partition coefficient (Wildman–Crippen LogP) is 3.35. The van der Waals surface area contributed by atoms with Crippen molar-refractivity contribution in [2.45, 2.75) is 26.9 Å². The first-order chi connectivity index (χ1) is 10.0. The summed E-state index contributed by atoms with van der Waals surface area (Å²) in [5.41, 5.74) is 3.38. The fraction of sp³-hybridized carbons (Fsp3) is 0.333. The van der Waals surface area contributed by atoms with Gasteiger partial charge in [-0.25, -0.2) is 0 Å². The van der Waals surface area contributed by atoms with Gasteiger partial charge in [-0.05, 0) is 31.5 Å². The SMILES string of the molecule is C/C(Cc1ccc(OCc2c(Cl)c(C)nn2C)cc1)=N/O. The molecule has 21 heavy (non-hydrogen) atoms. The van der Waals surface area contributed by atoms with Gasteiger partial charge in [-0.3, -0.25) is 4.68 Å². The van der Waals surface area contributed by atoms with Gasteiger partial charge in [0, 0.05) is 13.5 Å². The van der Waals surface area contributed by atoms with E-state index >= 15 is 0 Å². The van der Waals surface area contributed by atoms with Crippen molar-refractivity contribution in [3.8, 4) is 5.75 Å².